The maximum atomic E-state index is 13.2. The van der Waals surface area contributed by atoms with Crippen molar-refractivity contribution >= 4 is 10.9 Å². The van der Waals surface area contributed by atoms with Crippen LogP contribution in [0.2, 0.25) is 0 Å². The third kappa shape index (κ3) is 3.40. The van der Waals surface area contributed by atoms with Crippen LogP contribution < -0.4 is 0 Å². The summed E-state index contributed by atoms with van der Waals surface area (Å²) in [4.78, 5) is 3.39. The summed E-state index contributed by atoms with van der Waals surface area (Å²) in [5.41, 5.74) is 1.67. The quantitative estimate of drug-likeness (QED) is 0.457. The lowest BCUT2D eigenvalue weighted by Gasteiger charge is -2.08. The molecule has 0 atom stereocenters. The minimum absolute atomic E-state index is 0.160. The number of hydrogen-bond acceptors (Lipinski definition) is 2. The van der Waals surface area contributed by atoms with E-state index < -0.39 is 11.9 Å². The van der Waals surface area contributed by atoms with Crippen molar-refractivity contribution in [3.63, 3.8) is 0 Å². The van der Waals surface area contributed by atoms with Crippen molar-refractivity contribution in [2.75, 3.05) is 0 Å². The SMILES string of the molecule is Fc1ccc(-c2nn(Cc3ccnc(C(F)(F)F)c3)c3ccccc23)cc1. The molecule has 2 aromatic carbocycles. The van der Waals surface area contributed by atoms with Gasteiger partial charge in [0.2, 0.25) is 0 Å². The number of nitrogens with zero attached hydrogens (tertiary/aromatic N) is 3. The van der Waals surface area contributed by atoms with Crippen LogP contribution in [0.1, 0.15) is 11.3 Å². The van der Waals surface area contributed by atoms with Gasteiger partial charge < -0.3 is 0 Å². The number of benzene rings is 2. The molecule has 3 nitrogen and oxygen atoms in total. The second-order valence-corrected chi connectivity index (χ2v) is 6.08. The molecule has 0 unspecified atom stereocenters. The van der Waals surface area contributed by atoms with Crippen molar-refractivity contribution in [3.05, 3.63) is 83.9 Å². The Morgan fingerprint density at radius 3 is 2.41 bits per heavy atom. The summed E-state index contributed by atoms with van der Waals surface area (Å²) in [6.07, 6.45) is -3.35. The van der Waals surface area contributed by atoms with Crippen LogP contribution in [-0.2, 0) is 12.7 Å². The summed E-state index contributed by atoms with van der Waals surface area (Å²) in [6, 6.07) is 15.9. The first-order chi connectivity index (χ1) is 12.9. The topological polar surface area (TPSA) is 30.7 Å². The van der Waals surface area contributed by atoms with E-state index in [4.69, 9.17) is 0 Å². The van der Waals surface area contributed by atoms with Gasteiger partial charge in [0.1, 0.15) is 17.2 Å². The molecule has 0 saturated carbocycles. The average Bonchev–Trinajstić information content (AvgIpc) is 3.01. The van der Waals surface area contributed by atoms with Crippen molar-refractivity contribution < 1.29 is 17.6 Å². The Labute approximate surface area is 151 Å². The maximum absolute atomic E-state index is 13.2. The molecule has 4 rings (SSSR count). The molecule has 7 heteroatoms. The van der Waals surface area contributed by atoms with E-state index in [2.05, 4.69) is 10.1 Å². The van der Waals surface area contributed by atoms with Gasteiger partial charge in [-0.15, -0.1) is 0 Å². The van der Waals surface area contributed by atoms with Crippen LogP contribution in [0, 0.1) is 5.82 Å². The van der Waals surface area contributed by atoms with Gasteiger partial charge in [0.15, 0.2) is 0 Å². The standard InChI is InChI=1S/C20H13F4N3/c21-15-7-5-14(6-8-15)19-16-3-1-2-4-17(16)27(26-19)12-13-9-10-25-18(11-13)20(22,23)24/h1-11H,12H2. The Morgan fingerprint density at radius 2 is 1.67 bits per heavy atom. The number of aromatic nitrogens is 3. The van der Waals surface area contributed by atoms with Crippen LogP contribution in [0.25, 0.3) is 22.2 Å². The van der Waals surface area contributed by atoms with Crippen molar-refractivity contribution in [2.24, 2.45) is 0 Å². The monoisotopic (exact) mass is 371 g/mol. The van der Waals surface area contributed by atoms with E-state index >= 15 is 0 Å². The van der Waals surface area contributed by atoms with Gasteiger partial charge in [-0.25, -0.2) is 4.39 Å². The summed E-state index contributed by atoms with van der Waals surface area (Å²) in [5, 5.41) is 5.41. The molecule has 0 aliphatic rings. The normalized spacial score (nSPS) is 11.9. The van der Waals surface area contributed by atoms with Crippen LogP contribution in [0.4, 0.5) is 17.6 Å². The fourth-order valence-electron chi connectivity index (χ4n) is 2.97. The highest BCUT2D eigenvalue weighted by molar-refractivity contribution is 5.93. The zero-order chi connectivity index (χ0) is 19.0. The van der Waals surface area contributed by atoms with E-state index in [1.807, 2.05) is 24.3 Å². The summed E-state index contributed by atoms with van der Waals surface area (Å²) in [5.74, 6) is -0.348. The number of para-hydroxylation sites is 1. The molecule has 27 heavy (non-hydrogen) atoms. The number of fused-ring (bicyclic) bond motifs is 1. The Morgan fingerprint density at radius 1 is 0.926 bits per heavy atom. The molecule has 2 heterocycles. The van der Waals surface area contributed by atoms with Crippen molar-refractivity contribution in [1.82, 2.24) is 14.8 Å². The molecule has 0 bridgehead atoms. The summed E-state index contributed by atoms with van der Waals surface area (Å²) < 4.78 is 53.6. The number of alkyl halides is 3. The molecule has 0 amide bonds. The van der Waals surface area contributed by atoms with Gasteiger partial charge in [0.25, 0.3) is 0 Å². The summed E-state index contributed by atoms with van der Waals surface area (Å²) in [6.45, 7) is 0.160. The van der Waals surface area contributed by atoms with Crippen LogP contribution in [0.5, 0.6) is 0 Å². The van der Waals surface area contributed by atoms with E-state index in [9.17, 15) is 17.6 Å². The second-order valence-electron chi connectivity index (χ2n) is 6.08. The molecule has 0 aliphatic heterocycles. The number of hydrogen-bond donors (Lipinski definition) is 0. The van der Waals surface area contributed by atoms with E-state index in [1.54, 1.807) is 16.8 Å². The van der Waals surface area contributed by atoms with Gasteiger partial charge in [0.05, 0.1) is 12.1 Å². The molecule has 0 N–H and O–H groups in total. The molecular formula is C20H13F4N3. The van der Waals surface area contributed by atoms with Gasteiger partial charge in [0, 0.05) is 17.1 Å². The molecule has 136 valence electrons. The smallest absolute Gasteiger partial charge is 0.260 e. The Balaban J connectivity index is 1.78. The molecule has 2 aromatic heterocycles. The third-order valence-electron chi connectivity index (χ3n) is 4.22. The molecule has 0 radical (unpaired) electrons. The molecule has 0 aliphatic carbocycles. The molecule has 0 fully saturated rings. The van der Waals surface area contributed by atoms with Gasteiger partial charge in [-0.05, 0) is 48.0 Å². The number of pyridine rings is 1. The highest BCUT2D eigenvalue weighted by Gasteiger charge is 2.32. The highest BCUT2D eigenvalue weighted by Crippen LogP contribution is 2.30. The van der Waals surface area contributed by atoms with Crippen LogP contribution in [0.15, 0.2) is 66.9 Å². The average molecular weight is 371 g/mol. The minimum Gasteiger partial charge on any atom is -0.260 e. The largest absolute Gasteiger partial charge is 0.433 e. The predicted octanol–water partition coefficient (Wildman–Crippen LogP) is 5.30. The first-order valence-electron chi connectivity index (χ1n) is 8.15. The molecule has 0 saturated heterocycles. The molecule has 0 spiro atoms. The Kier molecular flexibility index (Phi) is 4.14. The number of halogens is 4. The number of rotatable bonds is 3. The lowest BCUT2D eigenvalue weighted by molar-refractivity contribution is -0.141. The second kappa shape index (κ2) is 6.50. The van der Waals surface area contributed by atoms with E-state index in [0.717, 1.165) is 28.7 Å². The Hall–Kier alpha value is -3.22. The van der Waals surface area contributed by atoms with Crippen LogP contribution in [0.3, 0.4) is 0 Å². The van der Waals surface area contributed by atoms with Crippen molar-refractivity contribution in [3.8, 4) is 11.3 Å². The van der Waals surface area contributed by atoms with E-state index in [1.165, 1.54) is 18.2 Å². The summed E-state index contributed by atoms with van der Waals surface area (Å²) >= 11 is 0. The molecular weight excluding hydrogens is 358 g/mol. The predicted molar refractivity (Wildman–Crippen MR) is 93.5 cm³/mol. The molecule has 4 aromatic rings. The third-order valence-corrected chi connectivity index (χ3v) is 4.22. The van der Waals surface area contributed by atoms with E-state index in [0.29, 0.717) is 11.3 Å². The van der Waals surface area contributed by atoms with Crippen LogP contribution >= 0.6 is 0 Å². The van der Waals surface area contributed by atoms with Gasteiger partial charge in [-0.2, -0.15) is 18.3 Å². The van der Waals surface area contributed by atoms with Crippen molar-refractivity contribution in [2.45, 2.75) is 12.7 Å². The first kappa shape index (κ1) is 17.2. The lowest BCUT2D eigenvalue weighted by atomic mass is 10.1. The first-order valence-corrected chi connectivity index (χ1v) is 8.15. The fraction of sp³-hybridized carbons (Fsp3) is 0.100. The zero-order valence-electron chi connectivity index (χ0n) is 13.9. The van der Waals surface area contributed by atoms with Gasteiger partial charge in [-0.3, -0.25) is 9.67 Å². The highest BCUT2D eigenvalue weighted by atomic mass is 19.4. The Bertz CT molecular complexity index is 1100. The van der Waals surface area contributed by atoms with Crippen molar-refractivity contribution in [1.29, 1.82) is 0 Å². The van der Waals surface area contributed by atoms with Crippen LogP contribution in [-0.4, -0.2) is 14.8 Å². The maximum Gasteiger partial charge on any atom is 0.433 e. The van der Waals surface area contributed by atoms with Gasteiger partial charge >= 0.3 is 6.18 Å². The lowest BCUT2D eigenvalue weighted by Crippen LogP contribution is -2.09. The van der Waals surface area contributed by atoms with Gasteiger partial charge in [-0.1, -0.05) is 18.2 Å². The van der Waals surface area contributed by atoms with E-state index in [-0.39, 0.29) is 12.4 Å². The zero-order valence-corrected chi connectivity index (χ0v) is 13.9. The summed E-state index contributed by atoms with van der Waals surface area (Å²) in [7, 11) is 0. The minimum atomic E-state index is -4.50. The fourth-order valence-corrected chi connectivity index (χ4v) is 2.97.